The molecule has 2 N–H and O–H groups in total. The van der Waals surface area contributed by atoms with Crippen molar-refractivity contribution in [2.24, 2.45) is 0 Å². The molecule has 33 heavy (non-hydrogen) atoms. The van der Waals surface area contributed by atoms with Gasteiger partial charge in [0, 0.05) is 30.4 Å². The number of methoxy groups -OCH3 is 1. The monoisotopic (exact) mass is 457 g/mol. The van der Waals surface area contributed by atoms with Gasteiger partial charge in [-0.1, -0.05) is 52.0 Å². The van der Waals surface area contributed by atoms with E-state index in [0.717, 1.165) is 33.6 Å². The van der Waals surface area contributed by atoms with Crippen molar-refractivity contribution in [3.63, 3.8) is 0 Å². The van der Waals surface area contributed by atoms with Crippen molar-refractivity contribution < 1.29 is 28.9 Å². The number of ketones is 1. The molecule has 1 atom stereocenters. The average Bonchev–Trinajstić information content (AvgIpc) is 2.72. The first-order valence-electron chi connectivity index (χ1n) is 11.0. The molecule has 0 aliphatic rings. The van der Waals surface area contributed by atoms with Crippen LogP contribution in [0.3, 0.4) is 0 Å². The molecule has 0 saturated carbocycles. The molecule has 178 valence electrons. The predicted octanol–water partition coefficient (Wildman–Crippen LogP) is 5.09. The lowest BCUT2D eigenvalue weighted by atomic mass is 9.87. The molecule has 1 aromatic carbocycles. The molecule has 1 aromatic heterocycles. The summed E-state index contributed by atoms with van der Waals surface area (Å²) in [7, 11) is 1.60. The van der Waals surface area contributed by atoms with E-state index in [1.54, 1.807) is 25.3 Å². The Hall–Kier alpha value is -2.90. The summed E-state index contributed by atoms with van der Waals surface area (Å²) in [5, 5.41) is 19.1. The minimum absolute atomic E-state index is 0.0451. The molecule has 0 amide bonds. The van der Waals surface area contributed by atoms with Gasteiger partial charge in [-0.05, 0) is 35.1 Å². The van der Waals surface area contributed by atoms with Gasteiger partial charge in [-0.15, -0.1) is 0 Å². The van der Waals surface area contributed by atoms with Gasteiger partial charge in [0.25, 0.3) is 0 Å². The highest BCUT2D eigenvalue weighted by atomic mass is 19.1. The third kappa shape index (κ3) is 7.04. The molecule has 2 rings (SSSR count). The smallest absolute Gasteiger partial charge is 0.310 e. The zero-order valence-corrected chi connectivity index (χ0v) is 19.8. The van der Waals surface area contributed by atoms with Crippen molar-refractivity contribution in [2.75, 3.05) is 7.11 Å². The zero-order chi connectivity index (χ0) is 24.7. The van der Waals surface area contributed by atoms with Crippen LogP contribution in [-0.4, -0.2) is 40.2 Å². The van der Waals surface area contributed by atoms with Crippen LogP contribution in [0.25, 0.3) is 17.2 Å². The highest BCUT2D eigenvalue weighted by Gasteiger charge is 2.23. The Morgan fingerprint density at radius 1 is 1.09 bits per heavy atom. The van der Waals surface area contributed by atoms with Gasteiger partial charge in [-0.25, -0.2) is 4.39 Å². The largest absolute Gasteiger partial charge is 0.481 e. The topological polar surface area (TPSA) is 96.7 Å². The molecule has 1 unspecified atom stereocenters. The number of carbonyl (C=O) groups excluding carboxylic acids is 1. The number of carbonyl (C=O) groups is 2. The molecule has 0 spiro atoms. The summed E-state index contributed by atoms with van der Waals surface area (Å²) in [6.45, 7) is 8.43. The van der Waals surface area contributed by atoms with Crippen LogP contribution >= 0.6 is 0 Å². The molecule has 0 saturated heterocycles. The van der Waals surface area contributed by atoms with E-state index in [1.165, 1.54) is 18.2 Å². The molecule has 0 fully saturated rings. The zero-order valence-electron chi connectivity index (χ0n) is 19.8. The van der Waals surface area contributed by atoms with Crippen LogP contribution in [0.5, 0.6) is 0 Å². The number of carboxylic acid groups (broad SMARTS) is 1. The van der Waals surface area contributed by atoms with Crippen molar-refractivity contribution in [1.82, 2.24) is 4.98 Å². The van der Waals surface area contributed by atoms with Gasteiger partial charge in [0.05, 0.1) is 18.4 Å². The van der Waals surface area contributed by atoms with Crippen molar-refractivity contribution in [2.45, 2.75) is 65.1 Å². The van der Waals surface area contributed by atoms with E-state index >= 15 is 0 Å². The van der Waals surface area contributed by atoms with Gasteiger partial charge < -0.3 is 14.9 Å². The van der Waals surface area contributed by atoms with Crippen LogP contribution in [0, 0.1) is 5.82 Å². The summed E-state index contributed by atoms with van der Waals surface area (Å²) in [5.74, 6) is -1.98. The quantitative estimate of drug-likeness (QED) is 0.456. The minimum Gasteiger partial charge on any atom is -0.481 e. The van der Waals surface area contributed by atoms with Crippen molar-refractivity contribution >= 4 is 17.8 Å². The van der Waals surface area contributed by atoms with Crippen molar-refractivity contribution in [3.05, 3.63) is 58.7 Å². The molecule has 0 bridgehead atoms. The first-order valence-corrected chi connectivity index (χ1v) is 11.0. The lowest BCUT2D eigenvalue weighted by Crippen LogP contribution is -2.14. The standard InChI is InChI=1S/C26H32FNO5/c1-15(2)25-21(11-10-19(29)12-20(30)13-23(31)32)24(17-6-8-18(27)9-7-17)22(14-33-5)26(28-25)16(3)4/h6-11,15-16,19,29H,12-14H2,1-5H3,(H,31,32)/b11-10+. The van der Waals surface area contributed by atoms with E-state index < -0.39 is 24.3 Å². The highest BCUT2D eigenvalue weighted by molar-refractivity contribution is 5.95. The average molecular weight is 458 g/mol. The molecular weight excluding hydrogens is 425 g/mol. The van der Waals surface area contributed by atoms with Crippen LogP contribution in [0.15, 0.2) is 30.3 Å². The molecule has 0 aliphatic heterocycles. The number of pyridine rings is 1. The number of nitrogens with zero attached hydrogens (tertiary/aromatic N) is 1. The van der Waals surface area contributed by atoms with Crippen molar-refractivity contribution in [1.29, 1.82) is 0 Å². The molecule has 0 aliphatic carbocycles. The number of hydrogen-bond acceptors (Lipinski definition) is 5. The van der Waals surface area contributed by atoms with Gasteiger partial charge in [-0.3, -0.25) is 14.6 Å². The van der Waals surface area contributed by atoms with Crippen molar-refractivity contribution in [3.8, 4) is 11.1 Å². The second-order valence-corrected chi connectivity index (χ2v) is 8.64. The second-order valence-electron chi connectivity index (χ2n) is 8.64. The maximum atomic E-state index is 13.7. The molecule has 2 aromatic rings. The number of aliphatic hydroxyl groups is 1. The van der Waals surface area contributed by atoms with E-state index in [4.69, 9.17) is 14.8 Å². The maximum absolute atomic E-state index is 13.7. The van der Waals surface area contributed by atoms with Gasteiger partial charge in [0.1, 0.15) is 18.0 Å². The number of aromatic nitrogens is 1. The molecular formula is C26H32FNO5. The number of carboxylic acids is 1. The summed E-state index contributed by atoms with van der Waals surface area (Å²) in [6.07, 6.45) is 1.11. The normalized spacial score (nSPS) is 12.6. The van der Waals surface area contributed by atoms with Gasteiger partial charge in [0.2, 0.25) is 0 Å². The van der Waals surface area contributed by atoms with E-state index in [2.05, 4.69) is 0 Å². The fraction of sp³-hybridized carbons (Fsp3) is 0.423. The number of benzene rings is 1. The fourth-order valence-corrected chi connectivity index (χ4v) is 3.75. The third-order valence-electron chi connectivity index (χ3n) is 5.18. The lowest BCUT2D eigenvalue weighted by Gasteiger charge is -2.23. The SMILES string of the molecule is COCc1c(C(C)C)nc(C(C)C)c(/C=C/C(O)CC(=O)CC(=O)O)c1-c1ccc(F)cc1. The summed E-state index contributed by atoms with van der Waals surface area (Å²) in [5.41, 5.74) is 4.93. The maximum Gasteiger partial charge on any atom is 0.310 e. The second kappa shape index (κ2) is 11.8. The summed E-state index contributed by atoms with van der Waals surface area (Å²) in [4.78, 5) is 27.5. The Morgan fingerprint density at radius 3 is 2.21 bits per heavy atom. The number of aliphatic hydroxyl groups excluding tert-OH is 1. The first-order chi connectivity index (χ1) is 15.5. The summed E-state index contributed by atoms with van der Waals surface area (Å²) < 4.78 is 19.2. The third-order valence-corrected chi connectivity index (χ3v) is 5.18. The van der Waals surface area contributed by atoms with Crippen LogP contribution in [0.2, 0.25) is 0 Å². The summed E-state index contributed by atoms with van der Waals surface area (Å²) >= 11 is 0. The molecule has 6 nitrogen and oxygen atoms in total. The van der Waals surface area contributed by atoms with Crippen LogP contribution in [-0.2, 0) is 20.9 Å². The van der Waals surface area contributed by atoms with E-state index in [0.29, 0.717) is 6.61 Å². The lowest BCUT2D eigenvalue weighted by molar-refractivity contribution is -0.140. The van der Waals surface area contributed by atoms with Gasteiger partial charge in [0.15, 0.2) is 0 Å². The first kappa shape index (κ1) is 26.4. The number of Topliss-reactive ketones (excluding diaryl/α,β-unsaturated/α-hetero) is 1. The van der Waals surface area contributed by atoms with Gasteiger partial charge >= 0.3 is 5.97 Å². The van der Waals surface area contributed by atoms with Gasteiger partial charge in [-0.2, -0.15) is 0 Å². The molecule has 1 heterocycles. The fourth-order valence-electron chi connectivity index (χ4n) is 3.75. The van der Waals surface area contributed by atoms with E-state index in [-0.39, 0.29) is 24.1 Å². The molecule has 0 radical (unpaired) electrons. The Balaban J connectivity index is 2.70. The Morgan fingerprint density at radius 2 is 1.70 bits per heavy atom. The number of halogens is 1. The minimum atomic E-state index is -1.23. The highest BCUT2D eigenvalue weighted by Crippen LogP contribution is 2.37. The number of rotatable bonds is 11. The number of hydrogen-bond donors (Lipinski definition) is 2. The van der Waals surface area contributed by atoms with E-state index in [9.17, 15) is 19.1 Å². The number of ether oxygens (including phenoxy) is 1. The predicted molar refractivity (Wildman–Crippen MR) is 125 cm³/mol. The Labute approximate surface area is 194 Å². The number of aliphatic carboxylic acids is 1. The summed E-state index contributed by atoms with van der Waals surface area (Å²) in [6, 6.07) is 6.18. The van der Waals surface area contributed by atoms with E-state index in [1.807, 2.05) is 27.7 Å². The van der Waals surface area contributed by atoms with Crippen LogP contribution in [0.4, 0.5) is 4.39 Å². The van der Waals surface area contributed by atoms with Crippen LogP contribution in [0.1, 0.15) is 74.9 Å². The Kier molecular flexibility index (Phi) is 9.44. The molecule has 7 heteroatoms. The Bertz CT molecular complexity index is 1010. The van der Waals surface area contributed by atoms with Crippen LogP contribution < -0.4 is 0 Å².